The first-order chi connectivity index (χ1) is 11.4. The van der Waals surface area contributed by atoms with Crippen LogP contribution in [0.25, 0.3) is 0 Å². The van der Waals surface area contributed by atoms with Crippen LogP contribution in [-0.2, 0) is 28.9 Å². The smallest absolute Gasteiger partial charge is 0.327 e. The molecule has 0 radical (unpaired) electrons. The molecule has 1 atom stereocenters. The summed E-state index contributed by atoms with van der Waals surface area (Å²) in [5.74, 6) is -1.60. The second kappa shape index (κ2) is 6.76. The maximum Gasteiger partial charge on any atom is 0.327 e. The Morgan fingerprint density at radius 2 is 1.67 bits per heavy atom. The van der Waals surface area contributed by atoms with Gasteiger partial charge in [-0.25, -0.2) is 8.42 Å². The van der Waals surface area contributed by atoms with E-state index in [0.717, 1.165) is 0 Å². The number of allylic oxidation sites excluding steroid dienone is 1. The molecule has 0 spiro atoms. The maximum absolute atomic E-state index is 13.0. The molecule has 6 nitrogen and oxygen atoms in total. The molecule has 1 aromatic rings. The molecule has 7 heteroatoms. The van der Waals surface area contributed by atoms with Crippen molar-refractivity contribution in [2.24, 2.45) is 5.41 Å². The minimum absolute atomic E-state index is 0.0305. The first-order valence-electron chi connectivity index (χ1n) is 7.48. The average Bonchev–Trinajstić information content (AvgIpc) is 3.02. The Morgan fingerprint density at radius 1 is 1.12 bits per heavy atom. The van der Waals surface area contributed by atoms with Crippen LogP contribution in [0.4, 0.5) is 0 Å². The number of ether oxygens (including phenoxy) is 2. The predicted octanol–water partition coefficient (Wildman–Crippen LogP) is 1.90. The molecule has 1 unspecified atom stereocenters. The first-order valence-corrected chi connectivity index (χ1v) is 9.03. The molecule has 1 aromatic carbocycles. The van der Waals surface area contributed by atoms with Gasteiger partial charge in [0.1, 0.15) is 0 Å². The second-order valence-corrected chi connectivity index (χ2v) is 7.65. The minimum atomic E-state index is -3.74. The SMILES string of the molecule is C/C=C1/C(S(=O)(=O)c2ccccc2)CCC1(C(=O)OC)C(=O)OC. The summed E-state index contributed by atoms with van der Waals surface area (Å²) < 4.78 is 35.5. The molecule has 130 valence electrons. The van der Waals surface area contributed by atoms with Gasteiger partial charge in [-0.05, 0) is 37.5 Å². The van der Waals surface area contributed by atoms with Crippen molar-refractivity contribution in [2.75, 3.05) is 14.2 Å². The quantitative estimate of drug-likeness (QED) is 0.467. The molecule has 1 saturated carbocycles. The number of carbonyl (C=O) groups excluding carboxylic acids is 2. The number of esters is 2. The number of methoxy groups -OCH3 is 2. The molecule has 2 rings (SSSR count). The van der Waals surface area contributed by atoms with E-state index in [1.165, 1.54) is 32.4 Å². The fourth-order valence-corrected chi connectivity index (χ4v) is 5.29. The van der Waals surface area contributed by atoms with Crippen molar-refractivity contribution in [1.82, 2.24) is 0 Å². The zero-order valence-electron chi connectivity index (χ0n) is 13.8. The lowest BCUT2D eigenvalue weighted by Gasteiger charge is -2.26. The van der Waals surface area contributed by atoms with Crippen LogP contribution in [-0.4, -0.2) is 39.8 Å². The number of carbonyl (C=O) groups is 2. The number of hydrogen-bond donors (Lipinski definition) is 0. The lowest BCUT2D eigenvalue weighted by Crippen LogP contribution is -2.42. The Kier molecular flexibility index (Phi) is 5.13. The number of rotatable bonds is 4. The summed E-state index contributed by atoms with van der Waals surface area (Å²) in [5.41, 5.74) is -1.49. The van der Waals surface area contributed by atoms with Crippen molar-refractivity contribution in [3.05, 3.63) is 42.0 Å². The predicted molar refractivity (Wildman–Crippen MR) is 86.9 cm³/mol. The van der Waals surface area contributed by atoms with E-state index < -0.39 is 32.4 Å². The normalized spacial score (nSPS) is 21.5. The van der Waals surface area contributed by atoms with Gasteiger partial charge in [-0.2, -0.15) is 0 Å². The van der Waals surface area contributed by atoms with Crippen LogP contribution in [0.5, 0.6) is 0 Å². The van der Waals surface area contributed by atoms with Gasteiger partial charge >= 0.3 is 11.9 Å². The fraction of sp³-hybridized carbons (Fsp3) is 0.412. The van der Waals surface area contributed by atoms with Crippen molar-refractivity contribution in [2.45, 2.75) is 29.9 Å². The Hall–Kier alpha value is -2.15. The Balaban J connectivity index is 2.57. The molecular formula is C17H20O6S. The standard InChI is InChI=1S/C17H20O6S/c1-4-13-14(24(20,21)12-8-6-5-7-9-12)10-11-17(13,15(18)22-2)16(19)23-3/h4-9,14H,10-11H2,1-3H3/b13-4-. The van der Waals surface area contributed by atoms with Crippen molar-refractivity contribution < 1.29 is 27.5 Å². The van der Waals surface area contributed by atoms with Crippen LogP contribution in [0.3, 0.4) is 0 Å². The average molecular weight is 352 g/mol. The third-order valence-corrected chi connectivity index (χ3v) is 6.61. The lowest BCUT2D eigenvalue weighted by atomic mass is 9.82. The topological polar surface area (TPSA) is 86.7 Å². The van der Waals surface area contributed by atoms with E-state index in [4.69, 9.17) is 9.47 Å². The summed E-state index contributed by atoms with van der Waals surface area (Å²) in [4.78, 5) is 24.9. The maximum atomic E-state index is 13.0. The van der Waals surface area contributed by atoms with Crippen molar-refractivity contribution in [3.8, 4) is 0 Å². The first kappa shape index (κ1) is 18.2. The number of sulfone groups is 1. The van der Waals surface area contributed by atoms with Gasteiger partial charge in [0.05, 0.1) is 24.4 Å². The van der Waals surface area contributed by atoms with Gasteiger partial charge in [-0.1, -0.05) is 24.3 Å². The van der Waals surface area contributed by atoms with Crippen molar-refractivity contribution in [1.29, 1.82) is 0 Å². The van der Waals surface area contributed by atoms with Crippen molar-refractivity contribution in [3.63, 3.8) is 0 Å². The van der Waals surface area contributed by atoms with Gasteiger partial charge in [0, 0.05) is 0 Å². The Morgan fingerprint density at radius 3 is 2.12 bits per heavy atom. The molecule has 0 bridgehead atoms. The zero-order chi connectivity index (χ0) is 18.0. The fourth-order valence-electron chi connectivity index (χ4n) is 3.32. The van der Waals surface area contributed by atoms with E-state index in [9.17, 15) is 18.0 Å². The summed E-state index contributed by atoms with van der Waals surface area (Å²) in [5, 5.41) is -0.969. The molecule has 1 aliphatic carbocycles. The van der Waals surface area contributed by atoms with E-state index in [0.29, 0.717) is 0 Å². The summed E-state index contributed by atoms with van der Waals surface area (Å²) in [7, 11) is -1.41. The van der Waals surface area contributed by atoms with E-state index in [2.05, 4.69) is 0 Å². The van der Waals surface area contributed by atoms with Gasteiger partial charge < -0.3 is 9.47 Å². The highest BCUT2D eigenvalue weighted by atomic mass is 32.2. The molecule has 0 heterocycles. The molecular weight excluding hydrogens is 332 g/mol. The summed E-state index contributed by atoms with van der Waals surface area (Å²) in [6, 6.07) is 7.98. The minimum Gasteiger partial charge on any atom is -0.468 e. The molecule has 0 saturated heterocycles. The number of benzene rings is 1. The summed E-state index contributed by atoms with van der Waals surface area (Å²) in [6.07, 6.45) is 1.68. The summed E-state index contributed by atoms with van der Waals surface area (Å²) >= 11 is 0. The van der Waals surface area contributed by atoms with Gasteiger partial charge in [0.15, 0.2) is 15.3 Å². The van der Waals surface area contributed by atoms with Crippen LogP contribution in [0.15, 0.2) is 46.9 Å². The van der Waals surface area contributed by atoms with Crippen molar-refractivity contribution >= 4 is 21.8 Å². The molecule has 0 aromatic heterocycles. The van der Waals surface area contributed by atoms with Crippen LogP contribution in [0.2, 0.25) is 0 Å². The zero-order valence-corrected chi connectivity index (χ0v) is 14.6. The van der Waals surface area contributed by atoms with Gasteiger partial charge in [0.25, 0.3) is 0 Å². The van der Waals surface area contributed by atoms with E-state index >= 15 is 0 Å². The molecule has 0 amide bonds. The molecule has 0 N–H and O–H groups in total. The van der Waals surface area contributed by atoms with Gasteiger partial charge in [-0.3, -0.25) is 9.59 Å². The van der Waals surface area contributed by atoms with Crippen LogP contribution >= 0.6 is 0 Å². The molecule has 1 aliphatic rings. The highest BCUT2D eigenvalue weighted by molar-refractivity contribution is 7.92. The molecule has 24 heavy (non-hydrogen) atoms. The highest BCUT2D eigenvalue weighted by Crippen LogP contribution is 2.48. The largest absolute Gasteiger partial charge is 0.468 e. The monoisotopic (exact) mass is 352 g/mol. The second-order valence-electron chi connectivity index (χ2n) is 5.52. The Labute approximate surface area is 141 Å². The van der Waals surface area contributed by atoms with Crippen LogP contribution < -0.4 is 0 Å². The summed E-state index contributed by atoms with van der Waals surface area (Å²) in [6.45, 7) is 1.61. The third kappa shape index (κ3) is 2.62. The lowest BCUT2D eigenvalue weighted by molar-refractivity contribution is -0.165. The van der Waals surface area contributed by atoms with Crippen LogP contribution in [0, 0.1) is 5.41 Å². The van der Waals surface area contributed by atoms with E-state index in [1.54, 1.807) is 25.1 Å². The number of hydrogen-bond acceptors (Lipinski definition) is 6. The van der Waals surface area contributed by atoms with Gasteiger partial charge in [0.2, 0.25) is 0 Å². The highest BCUT2D eigenvalue weighted by Gasteiger charge is 2.59. The third-order valence-electron chi connectivity index (χ3n) is 4.45. The Bertz CT molecular complexity index is 748. The van der Waals surface area contributed by atoms with Crippen LogP contribution in [0.1, 0.15) is 19.8 Å². The van der Waals surface area contributed by atoms with Gasteiger partial charge in [-0.15, -0.1) is 0 Å². The van der Waals surface area contributed by atoms with E-state index in [-0.39, 0.29) is 23.3 Å². The van der Waals surface area contributed by atoms with E-state index in [1.807, 2.05) is 0 Å². The molecule has 0 aliphatic heterocycles. The molecule has 1 fully saturated rings.